The van der Waals surface area contributed by atoms with Crippen LogP contribution in [0.15, 0.2) is 146 Å². The lowest BCUT2D eigenvalue weighted by molar-refractivity contribution is -0.145. The monoisotopic (exact) mass is 1330 g/mol. The number of benzene rings is 3. The molecule has 0 saturated carbocycles. The van der Waals surface area contributed by atoms with Crippen molar-refractivity contribution in [1.82, 2.24) is 45.2 Å². The molecule has 6 aromatic rings. The predicted octanol–water partition coefficient (Wildman–Crippen LogP) is 12.2. The van der Waals surface area contributed by atoms with Gasteiger partial charge in [-0.2, -0.15) is 0 Å². The van der Waals surface area contributed by atoms with Crippen molar-refractivity contribution in [3.8, 4) is 0 Å². The minimum Gasteiger partial charge on any atom is -0.465 e. The Morgan fingerprint density at radius 3 is 1.48 bits per heavy atom. The average Bonchev–Trinajstić information content (AvgIpc) is 4.17. The van der Waals surface area contributed by atoms with Crippen LogP contribution in [0.5, 0.6) is 0 Å². The number of hydrogen-bond acceptors (Lipinski definition) is 14. The number of hydrogen-bond donors (Lipinski definition) is 2. The Kier molecular flexibility index (Phi) is 32.9. The van der Waals surface area contributed by atoms with E-state index >= 15 is 0 Å². The Labute approximate surface area is 546 Å². The molecule has 10 rings (SSSR count). The number of ether oxygens (including phenoxy) is 3. The zero-order chi connectivity index (χ0) is 62.9. The Bertz CT molecular complexity index is 2880. The van der Waals surface area contributed by atoms with Crippen molar-refractivity contribution in [2.75, 3.05) is 112 Å². The number of pyridine rings is 3. The highest BCUT2D eigenvalue weighted by Gasteiger charge is 2.35. The van der Waals surface area contributed by atoms with Crippen LogP contribution in [0.3, 0.4) is 0 Å². The summed E-state index contributed by atoms with van der Waals surface area (Å²) in [4.78, 5) is 57.4. The lowest BCUT2D eigenvalue weighted by Crippen LogP contribution is -2.45. The third kappa shape index (κ3) is 26.2. The Hall–Kier alpha value is -5.37. The lowest BCUT2D eigenvalue weighted by Gasteiger charge is -2.39. The van der Waals surface area contributed by atoms with Crippen LogP contribution in [0.2, 0.25) is 15.1 Å². The number of piperidine rings is 3. The molecule has 2 N–H and O–H groups in total. The first-order chi connectivity index (χ1) is 42.7. The van der Waals surface area contributed by atoms with Gasteiger partial charge in [-0.1, -0.05) is 105 Å². The summed E-state index contributed by atoms with van der Waals surface area (Å²) in [6, 6.07) is 42.2. The summed E-state index contributed by atoms with van der Waals surface area (Å²) in [5, 5.41) is 9.22. The first-order valence-electron chi connectivity index (χ1n) is 30.9. The van der Waals surface area contributed by atoms with E-state index in [-0.39, 0.29) is 36.2 Å². The second kappa shape index (κ2) is 40.4. The van der Waals surface area contributed by atoms with Crippen LogP contribution in [0.1, 0.15) is 97.5 Å². The molecule has 3 aromatic carbocycles. The van der Waals surface area contributed by atoms with Crippen molar-refractivity contribution >= 4 is 68.6 Å². The largest absolute Gasteiger partial charge is 0.465 e. The smallest absolute Gasteiger partial charge is 0.320 e. The number of rotatable bonds is 19. The molecule has 0 radical (unpaired) electrons. The van der Waals surface area contributed by atoms with Crippen LogP contribution in [-0.4, -0.2) is 164 Å². The molecular weight excluding hydrogens is 1240 g/mol. The Morgan fingerprint density at radius 2 is 1.02 bits per heavy atom. The van der Waals surface area contributed by atoms with E-state index < -0.39 is 0 Å². The van der Waals surface area contributed by atoms with E-state index in [1.165, 1.54) is 36.0 Å². The van der Waals surface area contributed by atoms with Gasteiger partial charge in [-0.25, -0.2) is 0 Å². The number of nitrogens with zero attached hydrogens (tertiary/aromatic N) is 7. The van der Waals surface area contributed by atoms with Crippen LogP contribution in [-0.2, 0) is 48.2 Å². The van der Waals surface area contributed by atoms with Gasteiger partial charge in [-0.15, -0.1) is 0 Å². The van der Waals surface area contributed by atoms with Crippen molar-refractivity contribution in [3.63, 3.8) is 0 Å². The van der Waals surface area contributed by atoms with Gasteiger partial charge in [0.05, 0.1) is 49.3 Å². The van der Waals surface area contributed by atoms with E-state index in [0.717, 1.165) is 117 Å². The number of likely N-dealkylation sites (tertiary alicyclic amines) is 3. The van der Waals surface area contributed by atoms with Crippen molar-refractivity contribution in [2.24, 2.45) is 17.8 Å². The third-order valence-electron chi connectivity index (χ3n) is 16.0. The number of esters is 2. The molecule has 4 aliphatic rings. The molecular formula is C69H91BrCl3N9O6. The number of nitrogens with one attached hydrogen (secondary N) is 2. The van der Waals surface area contributed by atoms with E-state index in [1.807, 2.05) is 110 Å². The summed E-state index contributed by atoms with van der Waals surface area (Å²) in [5.41, 5.74) is 6.85. The van der Waals surface area contributed by atoms with Gasteiger partial charge in [0, 0.05) is 92.7 Å². The number of alkyl halides is 1. The average molecular weight is 1330 g/mol. The van der Waals surface area contributed by atoms with Crippen LogP contribution >= 0.6 is 50.7 Å². The number of halogens is 4. The molecule has 6 atom stereocenters. The van der Waals surface area contributed by atoms with Gasteiger partial charge in [0.25, 0.3) is 0 Å². The number of carbonyl (C=O) groups is 3. The van der Waals surface area contributed by atoms with Crippen LogP contribution in [0.25, 0.3) is 0 Å². The summed E-state index contributed by atoms with van der Waals surface area (Å²) in [6.45, 7) is 16.6. The number of carbonyl (C=O) groups excluding carboxylic acids is 3. The summed E-state index contributed by atoms with van der Waals surface area (Å²) in [5.74, 6) is 1.92. The SMILES string of the molecule is C1CCOC1.CCOC(=O)CBr.CCOC(=O)CN(Cc1ccccn1)CC1CN(C)CCC1c1ccc(Cl)cc1.CN1CCC(c2ccc(Cl)cc2)C(C(=O)NCc2ccccn2)C1.CN1CCC(c2ccc(Cl)cc2)C(CNCc2ccccn2)C1. The molecule has 88 heavy (non-hydrogen) atoms. The zero-order valence-electron chi connectivity index (χ0n) is 52.0. The van der Waals surface area contributed by atoms with Gasteiger partial charge >= 0.3 is 11.9 Å². The van der Waals surface area contributed by atoms with Gasteiger partial charge in [-0.05, 0) is 206 Å². The molecule has 4 saturated heterocycles. The third-order valence-corrected chi connectivity index (χ3v) is 17.2. The molecule has 0 bridgehead atoms. The van der Waals surface area contributed by atoms with Gasteiger partial charge in [0.15, 0.2) is 0 Å². The minimum atomic E-state index is -0.206. The maximum Gasteiger partial charge on any atom is 0.320 e. The fourth-order valence-electron chi connectivity index (χ4n) is 11.6. The molecule has 4 fully saturated rings. The van der Waals surface area contributed by atoms with E-state index in [4.69, 9.17) is 44.3 Å². The maximum absolute atomic E-state index is 12.8. The summed E-state index contributed by atoms with van der Waals surface area (Å²) in [6.07, 6.45) is 11.2. The van der Waals surface area contributed by atoms with Crippen LogP contribution < -0.4 is 10.6 Å². The van der Waals surface area contributed by atoms with E-state index in [0.29, 0.717) is 55.3 Å². The molecule has 6 unspecified atom stereocenters. The number of aromatic nitrogens is 3. The fourth-order valence-corrected chi connectivity index (χ4v) is 12.2. The molecule has 476 valence electrons. The van der Waals surface area contributed by atoms with E-state index in [2.05, 4.69) is 117 Å². The van der Waals surface area contributed by atoms with Gasteiger partial charge in [0.2, 0.25) is 5.91 Å². The normalized spacial score (nSPS) is 20.2. The topological polar surface area (TPSA) is 155 Å². The highest BCUT2D eigenvalue weighted by molar-refractivity contribution is 9.09. The van der Waals surface area contributed by atoms with Gasteiger partial charge in [0.1, 0.15) is 5.33 Å². The van der Waals surface area contributed by atoms with Gasteiger partial charge in [-0.3, -0.25) is 34.2 Å². The molecule has 19 heteroatoms. The fraction of sp³-hybridized carbons (Fsp3) is 0.478. The second-order valence-corrected chi connectivity index (χ2v) is 24.7. The highest BCUT2D eigenvalue weighted by Crippen LogP contribution is 2.36. The van der Waals surface area contributed by atoms with Crippen LogP contribution in [0, 0.1) is 17.8 Å². The predicted molar refractivity (Wildman–Crippen MR) is 358 cm³/mol. The Balaban J connectivity index is 0.000000193. The molecule has 1 amide bonds. The van der Waals surface area contributed by atoms with Crippen molar-refractivity contribution < 1.29 is 28.6 Å². The molecule has 0 aliphatic carbocycles. The quantitative estimate of drug-likeness (QED) is 0.0584. The van der Waals surface area contributed by atoms with Crippen LogP contribution in [0.4, 0.5) is 0 Å². The zero-order valence-corrected chi connectivity index (χ0v) is 55.8. The molecule has 7 heterocycles. The van der Waals surface area contributed by atoms with E-state index in [9.17, 15) is 14.4 Å². The lowest BCUT2D eigenvalue weighted by atomic mass is 9.80. The first kappa shape index (κ1) is 71.7. The summed E-state index contributed by atoms with van der Waals surface area (Å²) >= 11 is 21.1. The summed E-state index contributed by atoms with van der Waals surface area (Å²) in [7, 11) is 6.44. The molecule has 3 aromatic heterocycles. The molecule has 0 spiro atoms. The molecule has 15 nitrogen and oxygen atoms in total. The number of amides is 1. The highest BCUT2D eigenvalue weighted by atomic mass is 79.9. The second-order valence-electron chi connectivity index (χ2n) is 22.8. The summed E-state index contributed by atoms with van der Waals surface area (Å²) < 4.78 is 14.7. The minimum absolute atomic E-state index is 0.0614. The molecule has 4 aliphatic heterocycles. The van der Waals surface area contributed by atoms with Crippen molar-refractivity contribution in [3.05, 3.63) is 195 Å². The Morgan fingerprint density at radius 1 is 0.580 bits per heavy atom. The van der Waals surface area contributed by atoms with E-state index in [1.54, 1.807) is 19.3 Å². The van der Waals surface area contributed by atoms with Crippen molar-refractivity contribution in [2.45, 2.75) is 83.3 Å². The van der Waals surface area contributed by atoms with Gasteiger partial charge < -0.3 is 39.5 Å². The van der Waals surface area contributed by atoms with Crippen molar-refractivity contribution in [1.29, 1.82) is 0 Å². The first-order valence-corrected chi connectivity index (χ1v) is 33.1. The maximum atomic E-state index is 12.8. The standard InChI is InChI=1S/C23H30ClN3O2.C19H22ClN3O.C19H24ClN3.C4H7BrO2.C4H8O/c1-3-29-23(28)17-27(16-21-6-4-5-12-25-21)15-19-14-26(2)13-11-22(19)18-7-9-20(24)10-8-18;1-23-11-9-17(14-5-7-15(20)8-6-14)18(13-23)19(24)22-12-16-4-2-3-10-21-16;1-23-11-9-19(15-5-7-17(20)8-6-15)16(14-23)12-21-13-18-4-2-3-10-22-18;1-2-7-4(6)3-5;1-2-4-5-3-1/h4-10,12,19,22H,3,11,13-17H2,1-2H3;2-8,10,17-18H,9,11-13H2,1H3,(H,22,24);2-8,10,16,19,21H,9,11-14H2,1H3;2-3H2,1H3;1-4H2.